The van der Waals surface area contributed by atoms with Gasteiger partial charge >= 0.3 is 0 Å². The van der Waals surface area contributed by atoms with Crippen LogP contribution in [0, 0.1) is 0 Å². The van der Waals surface area contributed by atoms with Crippen LogP contribution in [0.25, 0.3) is 11.4 Å². The number of hydrogen-bond acceptors (Lipinski definition) is 6. The summed E-state index contributed by atoms with van der Waals surface area (Å²) in [6.45, 7) is 5.77. The maximum Gasteiger partial charge on any atom is 0.163 e. The van der Waals surface area contributed by atoms with Crippen molar-refractivity contribution in [3.8, 4) is 17.1 Å². The molecule has 1 fully saturated rings. The molecule has 1 saturated heterocycles. The molecular formula is C24H29N5O. The highest BCUT2D eigenvalue weighted by Crippen LogP contribution is 2.29. The molecule has 0 bridgehead atoms. The summed E-state index contributed by atoms with van der Waals surface area (Å²) in [5, 5.41) is 3.19. The maximum atomic E-state index is 5.56. The molecule has 1 aromatic carbocycles. The molecule has 1 aliphatic rings. The van der Waals surface area contributed by atoms with Crippen molar-refractivity contribution in [2.75, 3.05) is 32.1 Å². The Morgan fingerprint density at radius 2 is 2.03 bits per heavy atom. The number of benzene rings is 1. The van der Waals surface area contributed by atoms with Crippen molar-refractivity contribution in [1.82, 2.24) is 19.9 Å². The van der Waals surface area contributed by atoms with Crippen molar-refractivity contribution < 1.29 is 4.74 Å². The van der Waals surface area contributed by atoms with E-state index in [4.69, 9.17) is 9.72 Å². The zero-order valence-electron chi connectivity index (χ0n) is 17.7. The molecule has 6 heteroatoms. The SMILES string of the molecule is CCOc1ccc(CN2CCCC(c3cc(NC)nc(-c4cccnc4)n3)C2)cc1. The van der Waals surface area contributed by atoms with Gasteiger partial charge in [0, 0.05) is 50.1 Å². The van der Waals surface area contributed by atoms with Crippen LogP contribution in [0.1, 0.15) is 36.9 Å². The molecule has 1 atom stereocenters. The number of ether oxygens (including phenoxy) is 1. The lowest BCUT2D eigenvalue weighted by Crippen LogP contribution is -2.34. The van der Waals surface area contributed by atoms with Gasteiger partial charge in [-0.3, -0.25) is 9.88 Å². The summed E-state index contributed by atoms with van der Waals surface area (Å²) in [6.07, 6.45) is 5.90. The molecule has 3 aromatic rings. The molecular weight excluding hydrogens is 374 g/mol. The van der Waals surface area contributed by atoms with Gasteiger partial charge in [-0.05, 0) is 56.1 Å². The second-order valence-electron chi connectivity index (χ2n) is 7.64. The predicted molar refractivity (Wildman–Crippen MR) is 120 cm³/mol. The van der Waals surface area contributed by atoms with Crippen LogP contribution in [0.4, 0.5) is 5.82 Å². The highest BCUT2D eigenvalue weighted by molar-refractivity contribution is 5.56. The van der Waals surface area contributed by atoms with E-state index in [1.54, 1.807) is 6.20 Å². The van der Waals surface area contributed by atoms with Gasteiger partial charge in [-0.15, -0.1) is 0 Å². The third-order valence-corrected chi connectivity index (χ3v) is 5.49. The van der Waals surface area contributed by atoms with Gasteiger partial charge in [-0.25, -0.2) is 9.97 Å². The van der Waals surface area contributed by atoms with Crippen molar-refractivity contribution >= 4 is 5.82 Å². The average molecular weight is 404 g/mol. The van der Waals surface area contributed by atoms with E-state index in [0.29, 0.717) is 12.5 Å². The molecule has 0 aliphatic carbocycles. The van der Waals surface area contributed by atoms with Gasteiger partial charge in [0.1, 0.15) is 11.6 Å². The van der Waals surface area contributed by atoms with E-state index in [1.165, 1.54) is 12.0 Å². The fourth-order valence-electron chi connectivity index (χ4n) is 3.98. The molecule has 0 spiro atoms. The standard InChI is InChI=1S/C24H29N5O/c1-3-30-21-10-8-18(9-11-21)16-29-13-5-7-20(17-29)22-14-23(25-2)28-24(27-22)19-6-4-12-26-15-19/h4,6,8-12,14-15,20H,3,5,7,13,16-17H2,1-2H3,(H,25,27,28). The normalized spacial score (nSPS) is 16.9. The molecule has 30 heavy (non-hydrogen) atoms. The van der Waals surface area contributed by atoms with E-state index in [-0.39, 0.29) is 0 Å². The van der Waals surface area contributed by atoms with Gasteiger partial charge in [-0.2, -0.15) is 0 Å². The number of anilines is 1. The van der Waals surface area contributed by atoms with Crippen LogP contribution in [0.3, 0.4) is 0 Å². The van der Waals surface area contributed by atoms with Crippen molar-refractivity contribution in [2.45, 2.75) is 32.2 Å². The Bertz CT molecular complexity index is 946. The van der Waals surface area contributed by atoms with Gasteiger partial charge in [0.05, 0.1) is 12.3 Å². The second kappa shape index (κ2) is 9.67. The maximum absolute atomic E-state index is 5.56. The number of pyridine rings is 1. The molecule has 6 nitrogen and oxygen atoms in total. The second-order valence-corrected chi connectivity index (χ2v) is 7.64. The van der Waals surface area contributed by atoms with Crippen molar-refractivity contribution in [1.29, 1.82) is 0 Å². The molecule has 156 valence electrons. The summed E-state index contributed by atoms with van der Waals surface area (Å²) < 4.78 is 5.56. The van der Waals surface area contributed by atoms with Crippen molar-refractivity contribution in [2.24, 2.45) is 0 Å². The number of nitrogens with zero attached hydrogens (tertiary/aromatic N) is 4. The van der Waals surface area contributed by atoms with Gasteiger partial charge in [-0.1, -0.05) is 12.1 Å². The van der Waals surface area contributed by atoms with E-state index in [9.17, 15) is 0 Å². The van der Waals surface area contributed by atoms with Gasteiger partial charge in [0.2, 0.25) is 0 Å². The minimum atomic E-state index is 0.395. The highest BCUT2D eigenvalue weighted by atomic mass is 16.5. The molecule has 2 aromatic heterocycles. The Balaban J connectivity index is 1.50. The fourth-order valence-corrected chi connectivity index (χ4v) is 3.98. The number of nitrogens with one attached hydrogen (secondary N) is 1. The Hall–Kier alpha value is -2.99. The number of hydrogen-bond donors (Lipinski definition) is 1. The third-order valence-electron chi connectivity index (χ3n) is 5.49. The Kier molecular flexibility index (Phi) is 6.54. The van der Waals surface area contributed by atoms with Crippen molar-refractivity contribution in [3.63, 3.8) is 0 Å². The Labute approximate surface area is 178 Å². The Morgan fingerprint density at radius 3 is 2.77 bits per heavy atom. The van der Waals surface area contributed by atoms with Crippen LogP contribution in [0.5, 0.6) is 5.75 Å². The summed E-state index contributed by atoms with van der Waals surface area (Å²) in [7, 11) is 1.90. The van der Waals surface area contributed by atoms with Crippen LogP contribution in [-0.2, 0) is 6.54 Å². The first kappa shape index (κ1) is 20.3. The van der Waals surface area contributed by atoms with Crippen LogP contribution in [0.15, 0.2) is 54.9 Å². The molecule has 3 heterocycles. The van der Waals surface area contributed by atoms with Crippen molar-refractivity contribution in [3.05, 3.63) is 66.1 Å². The van der Waals surface area contributed by atoms with E-state index in [1.807, 2.05) is 32.3 Å². The first-order valence-corrected chi connectivity index (χ1v) is 10.7. The molecule has 1 unspecified atom stereocenters. The van der Waals surface area contributed by atoms with E-state index in [0.717, 1.165) is 54.7 Å². The smallest absolute Gasteiger partial charge is 0.163 e. The predicted octanol–water partition coefficient (Wildman–Crippen LogP) is 4.36. The lowest BCUT2D eigenvalue weighted by Gasteiger charge is -2.32. The first-order chi connectivity index (χ1) is 14.7. The number of aromatic nitrogens is 3. The minimum absolute atomic E-state index is 0.395. The highest BCUT2D eigenvalue weighted by Gasteiger charge is 2.24. The number of piperidine rings is 1. The molecule has 1 N–H and O–H groups in total. The number of likely N-dealkylation sites (tertiary alicyclic amines) is 1. The zero-order valence-corrected chi connectivity index (χ0v) is 17.7. The summed E-state index contributed by atoms with van der Waals surface area (Å²) in [6, 6.07) is 14.5. The van der Waals surface area contributed by atoms with Crippen LogP contribution >= 0.6 is 0 Å². The van der Waals surface area contributed by atoms with Crippen LogP contribution in [0.2, 0.25) is 0 Å². The molecule has 1 aliphatic heterocycles. The van der Waals surface area contributed by atoms with E-state index in [2.05, 4.69) is 50.5 Å². The molecule has 0 saturated carbocycles. The summed E-state index contributed by atoms with van der Waals surface area (Å²) in [4.78, 5) is 16.3. The van der Waals surface area contributed by atoms with Gasteiger partial charge < -0.3 is 10.1 Å². The first-order valence-electron chi connectivity index (χ1n) is 10.7. The van der Waals surface area contributed by atoms with Crippen LogP contribution in [-0.4, -0.2) is 46.6 Å². The lowest BCUT2D eigenvalue weighted by atomic mass is 9.94. The monoisotopic (exact) mass is 403 g/mol. The third kappa shape index (κ3) is 4.94. The lowest BCUT2D eigenvalue weighted by molar-refractivity contribution is 0.198. The number of rotatable bonds is 7. The zero-order chi connectivity index (χ0) is 20.8. The van der Waals surface area contributed by atoms with E-state index < -0.39 is 0 Å². The molecule has 0 amide bonds. The topological polar surface area (TPSA) is 63.2 Å². The minimum Gasteiger partial charge on any atom is -0.494 e. The van der Waals surface area contributed by atoms with Gasteiger partial charge in [0.15, 0.2) is 5.82 Å². The van der Waals surface area contributed by atoms with Gasteiger partial charge in [0.25, 0.3) is 0 Å². The average Bonchev–Trinajstić information content (AvgIpc) is 2.81. The summed E-state index contributed by atoms with van der Waals surface area (Å²) in [5.41, 5.74) is 3.36. The Morgan fingerprint density at radius 1 is 1.17 bits per heavy atom. The quantitative estimate of drug-likeness (QED) is 0.632. The summed E-state index contributed by atoms with van der Waals surface area (Å²) >= 11 is 0. The molecule has 4 rings (SSSR count). The largest absolute Gasteiger partial charge is 0.494 e. The van der Waals surface area contributed by atoms with Crippen LogP contribution < -0.4 is 10.1 Å². The summed E-state index contributed by atoms with van der Waals surface area (Å²) in [5.74, 6) is 2.91. The molecule has 0 radical (unpaired) electrons. The van der Waals surface area contributed by atoms with E-state index >= 15 is 0 Å². The fraction of sp³-hybridized carbons (Fsp3) is 0.375.